The molecule has 1 aliphatic heterocycles. The first-order valence-corrected chi connectivity index (χ1v) is 12.6. The van der Waals surface area contributed by atoms with E-state index in [-0.39, 0.29) is 34.6 Å². The normalized spacial score (nSPS) is 20.8. The van der Waals surface area contributed by atoms with Crippen LogP contribution in [0.2, 0.25) is 0 Å². The smallest absolute Gasteiger partial charge is 0.338 e. The van der Waals surface area contributed by atoms with Gasteiger partial charge in [0.05, 0.1) is 31.4 Å². The first kappa shape index (κ1) is 26.8. The Bertz CT molecular complexity index is 1570. The maximum Gasteiger partial charge on any atom is 0.338 e. The van der Waals surface area contributed by atoms with Crippen molar-refractivity contribution in [2.24, 2.45) is 11.7 Å². The lowest BCUT2D eigenvalue weighted by Gasteiger charge is -2.44. The van der Waals surface area contributed by atoms with Crippen molar-refractivity contribution in [3.8, 4) is 0 Å². The van der Waals surface area contributed by atoms with Crippen LogP contribution >= 0.6 is 0 Å². The van der Waals surface area contributed by atoms with E-state index in [4.69, 9.17) is 15.2 Å². The molecule has 3 aromatic rings. The number of hydrogen-bond donors (Lipinski definition) is 1. The number of esters is 2. The van der Waals surface area contributed by atoms with Crippen molar-refractivity contribution in [2.75, 3.05) is 19.1 Å². The van der Waals surface area contributed by atoms with E-state index in [0.717, 1.165) is 7.11 Å². The van der Waals surface area contributed by atoms with Crippen LogP contribution < -0.4 is 10.6 Å². The van der Waals surface area contributed by atoms with Gasteiger partial charge in [-0.3, -0.25) is 14.5 Å². The summed E-state index contributed by atoms with van der Waals surface area (Å²) in [5.41, 5.74) is 7.70. The molecule has 1 aliphatic carbocycles. The maximum absolute atomic E-state index is 15.4. The molecule has 40 heavy (non-hydrogen) atoms. The van der Waals surface area contributed by atoms with Gasteiger partial charge in [0.25, 0.3) is 0 Å². The van der Waals surface area contributed by atoms with Crippen molar-refractivity contribution in [2.45, 2.75) is 18.3 Å². The highest BCUT2D eigenvalue weighted by molar-refractivity contribution is 6.14. The average molecular weight is 545 g/mol. The molecule has 7 nitrogen and oxygen atoms in total. The van der Waals surface area contributed by atoms with Crippen molar-refractivity contribution in [1.29, 1.82) is 0 Å². The van der Waals surface area contributed by atoms with E-state index in [1.54, 1.807) is 36.4 Å². The van der Waals surface area contributed by atoms with Crippen LogP contribution in [0.15, 0.2) is 102 Å². The molecular weight excluding hydrogens is 518 g/mol. The van der Waals surface area contributed by atoms with Crippen LogP contribution in [0.1, 0.15) is 29.4 Å². The Kier molecular flexibility index (Phi) is 7.21. The van der Waals surface area contributed by atoms with Crippen LogP contribution in [0.4, 0.5) is 14.5 Å². The minimum absolute atomic E-state index is 0.00682. The van der Waals surface area contributed by atoms with E-state index in [1.807, 2.05) is 6.07 Å². The number of hydrogen-bond acceptors (Lipinski definition) is 7. The number of rotatable bonds is 5. The Morgan fingerprint density at radius 3 is 2.27 bits per heavy atom. The number of benzene rings is 3. The molecule has 3 atom stereocenters. The van der Waals surface area contributed by atoms with Gasteiger partial charge >= 0.3 is 11.9 Å². The number of carbonyl (C=O) groups is 3. The zero-order valence-corrected chi connectivity index (χ0v) is 21.8. The van der Waals surface area contributed by atoms with E-state index in [0.29, 0.717) is 11.3 Å². The fourth-order valence-corrected chi connectivity index (χ4v) is 5.68. The van der Waals surface area contributed by atoms with Gasteiger partial charge < -0.3 is 15.2 Å². The molecule has 0 saturated carbocycles. The van der Waals surface area contributed by atoms with Gasteiger partial charge in [0, 0.05) is 22.8 Å². The number of Topliss-reactive ketones (excluding diaryl/α,β-unsaturated/α-hetero) is 1. The lowest BCUT2D eigenvalue weighted by Crippen LogP contribution is -2.46. The van der Waals surface area contributed by atoms with Gasteiger partial charge in [0.15, 0.2) is 5.78 Å². The molecule has 0 saturated heterocycles. The second-order valence-electron chi connectivity index (χ2n) is 9.51. The molecule has 3 aromatic carbocycles. The number of allylic oxidation sites excluding steroid dienone is 2. The van der Waals surface area contributed by atoms with Crippen LogP contribution in [-0.4, -0.2) is 31.9 Å². The predicted molar refractivity (Wildman–Crippen MR) is 143 cm³/mol. The fraction of sp³-hybridized carbons (Fsp3) is 0.194. The quantitative estimate of drug-likeness (QED) is 0.367. The van der Waals surface area contributed by atoms with Crippen molar-refractivity contribution in [3.05, 3.63) is 124 Å². The largest absolute Gasteiger partial charge is 0.468 e. The maximum atomic E-state index is 15.4. The van der Waals surface area contributed by atoms with Gasteiger partial charge in [-0.2, -0.15) is 0 Å². The number of ketones is 1. The number of halogens is 2. The third-order valence-corrected chi connectivity index (χ3v) is 7.41. The Morgan fingerprint density at radius 1 is 0.925 bits per heavy atom. The highest BCUT2D eigenvalue weighted by atomic mass is 19.1. The SMILES string of the molecule is COC(=O)C1=C(N)N(c2cccc(F)c2)C2=C(C(=O)[C@@H](C(=O)OC)[C@@H](c3ccccc3)C2)[C@@H]1c1ccccc1F. The molecule has 0 spiro atoms. The highest BCUT2D eigenvalue weighted by Gasteiger charge is 2.51. The summed E-state index contributed by atoms with van der Waals surface area (Å²) >= 11 is 0. The van der Waals surface area contributed by atoms with E-state index in [2.05, 4.69) is 0 Å². The third-order valence-electron chi connectivity index (χ3n) is 7.41. The average Bonchev–Trinajstić information content (AvgIpc) is 2.96. The van der Waals surface area contributed by atoms with Crippen LogP contribution in [-0.2, 0) is 23.9 Å². The number of anilines is 1. The summed E-state index contributed by atoms with van der Waals surface area (Å²) in [7, 11) is 2.33. The van der Waals surface area contributed by atoms with Crippen molar-refractivity contribution in [3.63, 3.8) is 0 Å². The summed E-state index contributed by atoms with van der Waals surface area (Å²) in [6.45, 7) is 0. The Morgan fingerprint density at radius 2 is 1.62 bits per heavy atom. The summed E-state index contributed by atoms with van der Waals surface area (Å²) in [5, 5.41) is 0. The molecule has 0 fully saturated rings. The van der Waals surface area contributed by atoms with Gasteiger partial charge in [-0.15, -0.1) is 0 Å². The molecule has 2 N–H and O–H groups in total. The van der Waals surface area contributed by atoms with Crippen molar-refractivity contribution < 1.29 is 32.6 Å². The van der Waals surface area contributed by atoms with Crippen LogP contribution in [0.25, 0.3) is 0 Å². The molecule has 1 heterocycles. The number of nitrogens with zero attached hydrogens (tertiary/aromatic N) is 1. The summed E-state index contributed by atoms with van der Waals surface area (Å²) in [4.78, 5) is 42.3. The monoisotopic (exact) mass is 544 g/mol. The van der Waals surface area contributed by atoms with Gasteiger partial charge in [0.1, 0.15) is 23.4 Å². The molecule has 9 heteroatoms. The van der Waals surface area contributed by atoms with Crippen LogP contribution in [0.5, 0.6) is 0 Å². The van der Waals surface area contributed by atoms with Gasteiger partial charge in [-0.25, -0.2) is 13.6 Å². The van der Waals surface area contributed by atoms with Gasteiger partial charge in [-0.05, 0) is 36.2 Å². The zero-order valence-electron chi connectivity index (χ0n) is 21.8. The molecular formula is C31H26F2N2O5. The summed E-state index contributed by atoms with van der Waals surface area (Å²) in [6.07, 6.45) is 0.0848. The topological polar surface area (TPSA) is 98.9 Å². The van der Waals surface area contributed by atoms with E-state index < -0.39 is 47.1 Å². The minimum Gasteiger partial charge on any atom is -0.468 e. The predicted octanol–water partition coefficient (Wildman–Crippen LogP) is 4.71. The number of methoxy groups -OCH3 is 2. The summed E-state index contributed by atoms with van der Waals surface area (Å²) in [5.74, 6) is -6.95. The molecule has 2 aliphatic rings. The van der Waals surface area contributed by atoms with Crippen LogP contribution in [0.3, 0.4) is 0 Å². The third kappa shape index (κ3) is 4.43. The summed E-state index contributed by atoms with van der Waals surface area (Å²) < 4.78 is 39.9. The fourth-order valence-electron chi connectivity index (χ4n) is 5.68. The number of carbonyl (C=O) groups excluding carboxylic acids is 3. The summed E-state index contributed by atoms with van der Waals surface area (Å²) in [6, 6.07) is 20.2. The second kappa shape index (κ2) is 10.8. The number of nitrogens with two attached hydrogens (primary N) is 1. The Hall–Kier alpha value is -4.79. The molecule has 0 aromatic heterocycles. The first-order chi connectivity index (χ1) is 19.3. The van der Waals surface area contributed by atoms with Gasteiger partial charge in [0.2, 0.25) is 0 Å². The Balaban J connectivity index is 1.85. The molecule has 204 valence electrons. The van der Waals surface area contributed by atoms with E-state index >= 15 is 4.39 Å². The standard InChI is InChI=1S/C31H26F2N2O5/c1-39-30(37)25-21(17-9-4-3-5-10-17)16-23-26(28(25)36)24(20-13-6-7-14-22(20)33)27(31(38)40-2)29(34)35(23)19-12-8-11-18(32)15-19/h3-15,21,24-25H,16,34H2,1-2H3/t21-,24+,25+/m1/s1. The van der Waals surface area contributed by atoms with E-state index in [9.17, 15) is 18.8 Å². The lowest BCUT2D eigenvalue weighted by atomic mass is 9.67. The molecule has 0 unspecified atom stereocenters. The minimum atomic E-state index is -1.29. The Labute approximate surface area is 229 Å². The van der Waals surface area contributed by atoms with Crippen molar-refractivity contribution >= 4 is 23.4 Å². The molecule has 0 bridgehead atoms. The zero-order chi connectivity index (χ0) is 28.6. The lowest BCUT2D eigenvalue weighted by molar-refractivity contribution is -0.150. The second-order valence-corrected chi connectivity index (χ2v) is 9.51. The highest BCUT2D eigenvalue weighted by Crippen LogP contribution is 2.51. The molecule has 0 amide bonds. The van der Waals surface area contributed by atoms with Gasteiger partial charge in [-0.1, -0.05) is 54.6 Å². The molecule has 0 radical (unpaired) electrons. The molecule has 5 rings (SSSR count). The van der Waals surface area contributed by atoms with Crippen LogP contribution in [0, 0.1) is 17.6 Å². The van der Waals surface area contributed by atoms with Crippen molar-refractivity contribution in [1.82, 2.24) is 0 Å². The first-order valence-electron chi connectivity index (χ1n) is 12.6. The number of ether oxygens (including phenoxy) is 2. The van der Waals surface area contributed by atoms with E-state index in [1.165, 1.54) is 48.4 Å².